The summed E-state index contributed by atoms with van der Waals surface area (Å²) in [6.45, 7) is 5.52. The minimum atomic E-state index is -0.157. The van der Waals surface area contributed by atoms with Crippen LogP contribution in [0.3, 0.4) is 0 Å². The number of hydrogen-bond acceptors (Lipinski definition) is 5. The van der Waals surface area contributed by atoms with Crippen LogP contribution in [0.25, 0.3) is 0 Å². The van der Waals surface area contributed by atoms with Crippen LogP contribution in [0.2, 0.25) is 0 Å². The molecular formula is C22H27N5O2. The fourth-order valence-corrected chi connectivity index (χ4v) is 3.97. The lowest BCUT2D eigenvalue weighted by Crippen LogP contribution is -2.33. The Bertz CT molecular complexity index is 970. The number of hydrogen-bond donors (Lipinski definition) is 1. The second-order valence-electron chi connectivity index (χ2n) is 7.75. The lowest BCUT2D eigenvalue weighted by Gasteiger charge is -2.34. The molecule has 4 rings (SSSR count). The topological polar surface area (TPSA) is 76.2 Å². The first kappa shape index (κ1) is 19.4. The molecular weight excluding hydrogens is 366 g/mol. The summed E-state index contributed by atoms with van der Waals surface area (Å²) in [5.74, 6) is 0.452. The van der Waals surface area contributed by atoms with E-state index in [4.69, 9.17) is 4.52 Å². The molecule has 0 bridgehead atoms. The summed E-state index contributed by atoms with van der Waals surface area (Å²) in [6.07, 6.45) is 5.59. The summed E-state index contributed by atoms with van der Waals surface area (Å²) in [6, 6.07) is 10.3. The van der Waals surface area contributed by atoms with Crippen LogP contribution >= 0.6 is 0 Å². The van der Waals surface area contributed by atoms with Gasteiger partial charge in [-0.15, -0.1) is 0 Å². The smallest absolute Gasteiger partial charge is 0.255 e. The molecule has 1 aliphatic rings. The molecule has 1 atom stereocenters. The van der Waals surface area contributed by atoms with Crippen molar-refractivity contribution in [3.8, 4) is 0 Å². The normalized spacial score (nSPS) is 17.4. The van der Waals surface area contributed by atoms with E-state index in [1.807, 2.05) is 49.1 Å². The highest BCUT2D eigenvalue weighted by Gasteiger charge is 2.25. The standard InChI is InChI=1S/C22H27N5O2/c1-15-21(16(2)29-25-15)23-22(28)18-9-7-17(8-10-18)14-27-12-5-4-6-20(27)19-11-13-26(3)24-19/h7-11,13,20H,4-6,12,14H2,1-3H3,(H,23,28)/t20-/m0/s1. The molecule has 3 heterocycles. The summed E-state index contributed by atoms with van der Waals surface area (Å²) >= 11 is 0. The molecule has 1 aromatic carbocycles. The van der Waals surface area contributed by atoms with Crippen molar-refractivity contribution in [3.63, 3.8) is 0 Å². The number of anilines is 1. The molecule has 1 saturated heterocycles. The average molecular weight is 393 g/mol. The highest BCUT2D eigenvalue weighted by Crippen LogP contribution is 2.31. The summed E-state index contributed by atoms with van der Waals surface area (Å²) in [5.41, 5.74) is 4.28. The van der Waals surface area contributed by atoms with Gasteiger partial charge in [-0.2, -0.15) is 5.10 Å². The first-order chi connectivity index (χ1) is 14.0. The second kappa shape index (κ2) is 8.21. The van der Waals surface area contributed by atoms with Crippen molar-refractivity contribution >= 4 is 11.6 Å². The van der Waals surface area contributed by atoms with Crippen molar-refractivity contribution < 1.29 is 9.32 Å². The van der Waals surface area contributed by atoms with Gasteiger partial charge in [0, 0.05) is 25.4 Å². The Balaban J connectivity index is 1.44. The van der Waals surface area contributed by atoms with Crippen LogP contribution in [0, 0.1) is 13.8 Å². The Morgan fingerprint density at radius 1 is 1.21 bits per heavy atom. The maximum absolute atomic E-state index is 12.6. The highest BCUT2D eigenvalue weighted by molar-refractivity contribution is 6.04. The molecule has 29 heavy (non-hydrogen) atoms. The van der Waals surface area contributed by atoms with E-state index < -0.39 is 0 Å². The van der Waals surface area contributed by atoms with Crippen molar-refractivity contribution in [2.24, 2.45) is 7.05 Å². The highest BCUT2D eigenvalue weighted by atomic mass is 16.5. The van der Waals surface area contributed by atoms with Gasteiger partial charge in [0.1, 0.15) is 11.4 Å². The van der Waals surface area contributed by atoms with E-state index in [9.17, 15) is 4.79 Å². The van der Waals surface area contributed by atoms with Gasteiger partial charge in [0.15, 0.2) is 5.76 Å². The van der Waals surface area contributed by atoms with E-state index in [0.29, 0.717) is 28.7 Å². The third-order valence-electron chi connectivity index (χ3n) is 5.56. The summed E-state index contributed by atoms with van der Waals surface area (Å²) < 4.78 is 6.98. The molecule has 0 aliphatic carbocycles. The van der Waals surface area contributed by atoms with Crippen LogP contribution in [0.5, 0.6) is 0 Å². The fourth-order valence-electron chi connectivity index (χ4n) is 3.97. The van der Waals surface area contributed by atoms with Gasteiger partial charge < -0.3 is 9.84 Å². The van der Waals surface area contributed by atoms with Crippen molar-refractivity contribution in [2.75, 3.05) is 11.9 Å². The zero-order valence-electron chi connectivity index (χ0n) is 17.2. The molecule has 1 fully saturated rings. The molecule has 1 aliphatic heterocycles. The molecule has 0 saturated carbocycles. The largest absolute Gasteiger partial charge is 0.359 e. The number of benzene rings is 1. The molecule has 0 radical (unpaired) electrons. The molecule has 2 aromatic heterocycles. The lowest BCUT2D eigenvalue weighted by molar-refractivity contribution is 0.102. The molecule has 1 N–H and O–H groups in total. The van der Waals surface area contributed by atoms with E-state index >= 15 is 0 Å². The average Bonchev–Trinajstić information content (AvgIpc) is 3.29. The Hall–Kier alpha value is -2.93. The van der Waals surface area contributed by atoms with Gasteiger partial charge >= 0.3 is 0 Å². The number of rotatable bonds is 5. The van der Waals surface area contributed by atoms with Gasteiger partial charge in [0.25, 0.3) is 5.91 Å². The SMILES string of the molecule is Cc1noc(C)c1NC(=O)c1ccc(CN2CCCC[C@H]2c2ccn(C)n2)cc1. The van der Waals surface area contributed by atoms with Crippen LogP contribution in [0.4, 0.5) is 5.69 Å². The molecule has 0 unspecified atom stereocenters. The number of aryl methyl sites for hydroxylation is 3. The van der Waals surface area contributed by atoms with Gasteiger partial charge in [0.2, 0.25) is 0 Å². The molecule has 0 spiro atoms. The van der Waals surface area contributed by atoms with Crippen LogP contribution in [-0.2, 0) is 13.6 Å². The molecule has 7 heteroatoms. The molecule has 152 valence electrons. The Kier molecular flexibility index (Phi) is 5.49. The summed E-state index contributed by atoms with van der Waals surface area (Å²) in [5, 5.41) is 11.4. The van der Waals surface area contributed by atoms with Crippen molar-refractivity contribution in [1.82, 2.24) is 19.8 Å². The first-order valence-corrected chi connectivity index (χ1v) is 10.1. The van der Waals surface area contributed by atoms with E-state index in [-0.39, 0.29) is 5.91 Å². The number of nitrogens with zero attached hydrogens (tertiary/aromatic N) is 4. The van der Waals surface area contributed by atoms with Crippen molar-refractivity contribution in [2.45, 2.75) is 45.7 Å². The van der Waals surface area contributed by atoms with Crippen LogP contribution in [-0.4, -0.2) is 32.3 Å². The van der Waals surface area contributed by atoms with Crippen molar-refractivity contribution in [1.29, 1.82) is 0 Å². The predicted octanol–water partition coefficient (Wildman–Crippen LogP) is 4.00. The van der Waals surface area contributed by atoms with Crippen molar-refractivity contribution in [3.05, 3.63) is 64.8 Å². The number of nitrogens with one attached hydrogen (secondary N) is 1. The zero-order chi connectivity index (χ0) is 20.4. The van der Waals surface area contributed by atoms with Gasteiger partial charge in [-0.25, -0.2) is 0 Å². The first-order valence-electron chi connectivity index (χ1n) is 10.1. The van der Waals surface area contributed by atoms with E-state index in [1.165, 1.54) is 18.4 Å². The third kappa shape index (κ3) is 4.24. The monoisotopic (exact) mass is 393 g/mol. The van der Waals surface area contributed by atoms with Gasteiger partial charge in [-0.1, -0.05) is 23.7 Å². The van der Waals surface area contributed by atoms with Gasteiger partial charge in [-0.3, -0.25) is 14.4 Å². The molecule has 1 amide bonds. The number of carbonyl (C=O) groups excluding carboxylic acids is 1. The minimum Gasteiger partial charge on any atom is -0.359 e. The van der Waals surface area contributed by atoms with Gasteiger partial charge in [-0.05, 0) is 57.0 Å². The third-order valence-corrected chi connectivity index (χ3v) is 5.56. The predicted molar refractivity (Wildman–Crippen MR) is 111 cm³/mol. The lowest BCUT2D eigenvalue weighted by atomic mass is 9.98. The van der Waals surface area contributed by atoms with Crippen LogP contribution < -0.4 is 5.32 Å². The van der Waals surface area contributed by atoms with E-state index in [2.05, 4.69) is 26.5 Å². The summed E-state index contributed by atoms with van der Waals surface area (Å²) in [7, 11) is 1.96. The Morgan fingerprint density at radius 3 is 2.66 bits per heavy atom. The maximum atomic E-state index is 12.6. The van der Waals surface area contributed by atoms with Gasteiger partial charge in [0.05, 0.1) is 11.7 Å². The Morgan fingerprint density at radius 2 is 2.00 bits per heavy atom. The van der Waals surface area contributed by atoms with E-state index in [1.54, 1.807) is 6.92 Å². The summed E-state index contributed by atoms with van der Waals surface area (Å²) in [4.78, 5) is 15.0. The van der Waals surface area contributed by atoms with Crippen LogP contribution in [0.15, 0.2) is 41.1 Å². The second-order valence-corrected chi connectivity index (χ2v) is 7.75. The molecule has 3 aromatic rings. The maximum Gasteiger partial charge on any atom is 0.255 e. The zero-order valence-corrected chi connectivity index (χ0v) is 17.2. The van der Waals surface area contributed by atoms with E-state index in [0.717, 1.165) is 25.2 Å². The minimum absolute atomic E-state index is 0.157. The number of likely N-dealkylation sites (tertiary alicyclic amines) is 1. The van der Waals surface area contributed by atoms with Crippen LogP contribution in [0.1, 0.15) is 58.4 Å². The fraction of sp³-hybridized carbons (Fsp3) is 0.409. The quantitative estimate of drug-likeness (QED) is 0.709. The number of carbonyl (C=O) groups is 1. The number of piperidine rings is 1. The molecule has 7 nitrogen and oxygen atoms in total. The number of amides is 1. The Labute approximate surface area is 170 Å². The number of aromatic nitrogens is 3.